The molecule has 4 heteroatoms. The molecule has 2 rings (SSSR count). The molecule has 0 fully saturated rings. The van der Waals surface area contributed by atoms with Crippen molar-refractivity contribution < 1.29 is 9.53 Å². The van der Waals surface area contributed by atoms with Gasteiger partial charge in [0, 0.05) is 10.0 Å². The van der Waals surface area contributed by atoms with Crippen molar-refractivity contribution in [3.8, 4) is 5.75 Å². The van der Waals surface area contributed by atoms with Crippen LogP contribution in [0.1, 0.15) is 27.0 Å². The number of hydrogen-bond acceptors (Lipinski definition) is 2. The first-order valence-electron chi connectivity index (χ1n) is 6.57. The third-order valence-electron chi connectivity index (χ3n) is 3.39. The van der Waals surface area contributed by atoms with Gasteiger partial charge in [-0.2, -0.15) is 0 Å². The third-order valence-corrected chi connectivity index (χ3v) is 4.20. The minimum atomic E-state index is -0.0494. The highest BCUT2D eigenvalue weighted by Gasteiger charge is 2.12. The highest BCUT2D eigenvalue weighted by molar-refractivity contribution is 9.10. The lowest BCUT2D eigenvalue weighted by Gasteiger charge is -2.11. The Morgan fingerprint density at radius 1 is 1.10 bits per heavy atom. The van der Waals surface area contributed by atoms with E-state index in [0.717, 1.165) is 15.6 Å². The average molecular weight is 368 g/mol. The van der Waals surface area contributed by atoms with Crippen LogP contribution in [0.3, 0.4) is 0 Å². The number of benzene rings is 2. The molecule has 2 nitrogen and oxygen atoms in total. The van der Waals surface area contributed by atoms with Gasteiger partial charge in [-0.1, -0.05) is 33.6 Å². The summed E-state index contributed by atoms with van der Waals surface area (Å²) in [5.41, 5.74) is 3.95. The Bertz CT molecular complexity index is 695. The number of ether oxygens (including phenoxy) is 1. The second-order valence-corrected chi connectivity index (χ2v) is 6.36. The Morgan fingerprint density at radius 3 is 2.48 bits per heavy atom. The van der Waals surface area contributed by atoms with E-state index in [9.17, 15) is 4.79 Å². The second kappa shape index (κ2) is 6.63. The lowest BCUT2D eigenvalue weighted by Crippen LogP contribution is -2.13. The van der Waals surface area contributed by atoms with Crippen molar-refractivity contribution in [2.24, 2.45) is 0 Å². The SMILES string of the molecule is Cc1cc(C)c(C(=O)COc2cc(Br)ccc2Cl)cc1C. The summed E-state index contributed by atoms with van der Waals surface area (Å²) in [5.74, 6) is 0.451. The van der Waals surface area contributed by atoms with E-state index in [1.54, 1.807) is 12.1 Å². The van der Waals surface area contributed by atoms with Gasteiger partial charge in [0.15, 0.2) is 12.4 Å². The molecular weight excluding hydrogens is 352 g/mol. The Morgan fingerprint density at radius 2 is 1.76 bits per heavy atom. The van der Waals surface area contributed by atoms with Crippen LogP contribution in [-0.2, 0) is 0 Å². The molecule has 0 aliphatic heterocycles. The summed E-state index contributed by atoms with van der Waals surface area (Å²) >= 11 is 9.40. The second-order valence-electron chi connectivity index (χ2n) is 5.04. The predicted molar refractivity (Wildman–Crippen MR) is 89.6 cm³/mol. The zero-order chi connectivity index (χ0) is 15.6. The highest BCUT2D eigenvalue weighted by Crippen LogP contribution is 2.28. The van der Waals surface area contributed by atoms with Crippen LogP contribution in [0.4, 0.5) is 0 Å². The summed E-state index contributed by atoms with van der Waals surface area (Å²) in [6.07, 6.45) is 0. The molecule has 0 saturated heterocycles. The van der Waals surface area contributed by atoms with Crippen molar-refractivity contribution >= 4 is 33.3 Å². The summed E-state index contributed by atoms with van der Waals surface area (Å²) in [6, 6.07) is 9.24. The molecule has 0 aliphatic carbocycles. The molecule has 0 unspecified atom stereocenters. The van der Waals surface area contributed by atoms with Gasteiger partial charge in [0.2, 0.25) is 0 Å². The average Bonchev–Trinajstić information content (AvgIpc) is 2.43. The minimum Gasteiger partial charge on any atom is -0.484 e. The molecule has 21 heavy (non-hydrogen) atoms. The standard InChI is InChI=1S/C17H16BrClO2/c1-10-6-12(3)14(7-11(10)2)16(20)9-21-17-8-13(18)4-5-15(17)19/h4-8H,9H2,1-3H3. The van der Waals surface area contributed by atoms with E-state index in [1.165, 1.54) is 5.56 Å². The lowest BCUT2D eigenvalue weighted by molar-refractivity contribution is 0.0921. The van der Waals surface area contributed by atoms with E-state index in [4.69, 9.17) is 16.3 Å². The molecule has 0 spiro atoms. The van der Waals surface area contributed by atoms with Crippen molar-refractivity contribution in [1.29, 1.82) is 0 Å². The maximum Gasteiger partial charge on any atom is 0.200 e. The van der Waals surface area contributed by atoms with Gasteiger partial charge in [0.25, 0.3) is 0 Å². The summed E-state index contributed by atoms with van der Waals surface area (Å²) in [4.78, 5) is 12.3. The van der Waals surface area contributed by atoms with E-state index >= 15 is 0 Å². The summed E-state index contributed by atoms with van der Waals surface area (Å²) in [6.45, 7) is 5.94. The predicted octanol–water partition coefficient (Wildman–Crippen LogP) is 5.29. The molecule has 2 aromatic carbocycles. The van der Waals surface area contributed by atoms with Crippen LogP contribution >= 0.6 is 27.5 Å². The number of carbonyl (C=O) groups is 1. The van der Waals surface area contributed by atoms with Gasteiger partial charge in [-0.05, 0) is 61.7 Å². The minimum absolute atomic E-state index is 0.0283. The number of rotatable bonds is 4. The van der Waals surface area contributed by atoms with E-state index < -0.39 is 0 Å². The van der Waals surface area contributed by atoms with Crippen LogP contribution in [0.15, 0.2) is 34.8 Å². The van der Waals surface area contributed by atoms with Gasteiger partial charge < -0.3 is 4.74 Å². The van der Waals surface area contributed by atoms with Gasteiger partial charge in [-0.15, -0.1) is 0 Å². The van der Waals surface area contributed by atoms with Gasteiger partial charge in [-0.25, -0.2) is 0 Å². The molecule has 2 aromatic rings. The Labute approximate surface area is 138 Å². The fourth-order valence-corrected chi connectivity index (χ4v) is 2.58. The van der Waals surface area contributed by atoms with Crippen LogP contribution in [0.25, 0.3) is 0 Å². The first kappa shape index (κ1) is 16.1. The topological polar surface area (TPSA) is 26.3 Å². The van der Waals surface area contributed by atoms with E-state index in [-0.39, 0.29) is 12.4 Å². The van der Waals surface area contributed by atoms with Crippen LogP contribution in [-0.4, -0.2) is 12.4 Å². The normalized spacial score (nSPS) is 10.5. The zero-order valence-corrected chi connectivity index (χ0v) is 14.5. The maximum absolute atomic E-state index is 12.3. The van der Waals surface area contributed by atoms with Crippen molar-refractivity contribution in [2.45, 2.75) is 20.8 Å². The third kappa shape index (κ3) is 3.86. The number of aryl methyl sites for hydroxylation is 3. The molecule has 0 amide bonds. The van der Waals surface area contributed by atoms with Crippen LogP contribution in [0.5, 0.6) is 5.75 Å². The largest absolute Gasteiger partial charge is 0.484 e. The molecule has 0 atom stereocenters. The van der Waals surface area contributed by atoms with Crippen molar-refractivity contribution in [3.05, 3.63) is 62.1 Å². The van der Waals surface area contributed by atoms with Crippen molar-refractivity contribution in [3.63, 3.8) is 0 Å². The van der Waals surface area contributed by atoms with Gasteiger partial charge in [0.1, 0.15) is 5.75 Å². The lowest BCUT2D eigenvalue weighted by atomic mass is 9.98. The smallest absolute Gasteiger partial charge is 0.200 e. The fourth-order valence-electron chi connectivity index (χ4n) is 2.07. The number of hydrogen-bond donors (Lipinski definition) is 0. The van der Waals surface area contributed by atoms with Crippen LogP contribution < -0.4 is 4.74 Å². The molecule has 0 aromatic heterocycles. The van der Waals surface area contributed by atoms with Gasteiger partial charge in [-0.3, -0.25) is 4.79 Å². The Balaban J connectivity index is 2.15. The fraction of sp³-hybridized carbons (Fsp3) is 0.235. The van der Waals surface area contributed by atoms with E-state index in [1.807, 2.05) is 39.0 Å². The van der Waals surface area contributed by atoms with Crippen LogP contribution in [0.2, 0.25) is 5.02 Å². The molecule has 0 saturated carbocycles. The maximum atomic E-state index is 12.3. The molecule has 0 bridgehead atoms. The number of halogens is 2. The van der Waals surface area contributed by atoms with Gasteiger partial charge >= 0.3 is 0 Å². The molecule has 0 heterocycles. The van der Waals surface area contributed by atoms with E-state index in [2.05, 4.69) is 15.9 Å². The van der Waals surface area contributed by atoms with Gasteiger partial charge in [0.05, 0.1) is 5.02 Å². The molecule has 0 N–H and O–H groups in total. The summed E-state index contributed by atoms with van der Waals surface area (Å²) in [5, 5.41) is 0.489. The quantitative estimate of drug-likeness (QED) is 0.686. The summed E-state index contributed by atoms with van der Waals surface area (Å²) in [7, 11) is 0. The van der Waals surface area contributed by atoms with E-state index in [0.29, 0.717) is 16.3 Å². The number of Topliss-reactive ketones (excluding diaryl/α,β-unsaturated/α-hetero) is 1. The Hall–Kier alpha value is -1.32. The van der Waals surface area contributed by atoms with Crippen LogP contribution in [0, 0.1) is 20.8 Å². The summed E-state index contributed by atoms with van der Waals surface area (Å²) < 4.78 is 6.41. The first-order valence-corrected chi connectivity index (χ1v) is 7.74. The monoisotopic (exact) mass is 366 g/mol. The molecule has 0 aliphatic rings. The molecular formula is C17H16BrClO2. The number of carbonyl (C=O) groups excluding carboxylic acids is 1. The molecule has 110 valence electrons. The zero-order valence-electron chi connectivity index (χ0n) is 12.2. The van der Waals surface area contributed by atoms with Crippen molar-refractivity contribution in [1.82, 2.24) is 0 Å². The first-order chi connectivity index (χ1) is 9.88. The Kier molecular flexibility index (Phi) is 5.07. The van der Waals surface area contributed by atoms with Crippen molar-refractivity contribution in [2.75, 3.05) is 6.61 Å². The number of ketones is 1. The highest BCUT2D eigenvalue weighted by atomic mass is 79.9. The molecule has 0 radical (unpaired) electrons.